The van der Waals surface area contributed by atoms with Crippen molar-refractivity contribution in [1.29, 1.82) is 0 Å². The second-order valence-electron chi connectivity index (χ2n) is 5.32. The summed E-state index contributed by atoms with van der Waals surface area (Å²) in [7, 11) is 0. The van der Waals surface area contributed by atoms with Crippen LogP contribution in [-0.2, 0) is 14.4 Å². The lowest BCUT2D eigenvalue weighted by molar-refractivity contribution is -0.143. The van der Waals surface area contributed by atoms with Gasteiger partial charge in [-0.2, -0.15) is 11.8 Å². The summed E-state index contributed by atoms with van der Waals surface area (Å²) in [5, 5.41) is 11.6. The van der Waals surface area contributed by atoms with Crippen LogP contribution in [0.5, 0.6) is 0 Å². The monoisotopic (exact) mass is 300 g/mol. The fourth-order valence-electron chi connectivity index (χ4n) is 2.48. The van der Waals surface area contributed by atoms with Gasteiger partial charge in [-0.05, 0) is 31.9 Å². The Labute approximate surface area is 122 Å². The zero-order valence-electron chi connectivity index (χ0n) is 11.5. The van der Waals surface area contributed by atoms with Gasteiger partial charge < -0.3 is 15.3 Å². The predicted molar refractivity (Wildman–Crippen MR) is 75.4 cm³/mol. The van der Waals surface area contributed by atoms with Crippen LogP contribution < -0.4 is 5.32 Å². The Hall–Kier alpha value is -1.24. The van der Waals surface area contributed by atoms with E-state index in [1.54, 1.807) is 11.2 Å². The number of hydrogen-bond donors (Lipinski definition) is 2. The number of nitrogens with zero attached hydrogens (tertiary/aromatic N) is 1. The Balaban J connectivity index is 1.96. The zero-order valence-corrected chi connectivity index (χ0v) is 12.3. The van der Waals surface area contributed by atoms with Crippen LogP contribution in [0.2, 0.25) is 0 Å². The van der Waals surface area contributed by atoms with E-state index in [-0.39, 0.29) is 17.7 Å². The first-order chi connectivity index (χ1) is 9.54. The Bertz CT molecular complexity index is 411. The number of amides is 2. The van der Waals surface area contributed by atoms with Crippen LogP contribution >= 0.6 is 11.8 Å². The normalized spacial score (nSPS) is 23.4. The lowest BCUT2D eigenvalue weighted by Crippen LogP contribution is -2.51. The van der Waals surface area contributed by atoms with Crippen molar-refractivity contribution in [1.82, 2.24) is 10.2 Å². The molecule has 2 amide bonds. The lowest BCUT2D eigenvalue weighted by atomic mass is 10.2. The first-order valence-corrected chi connectivity index (χ1v) is 8.26. The maximum absolute atomic E-state index is 12.2. The molecule has 2 N–H and O–H groups in total. The molecule has 6 nitrogen and oxygen atoms in total. The summed E-state index contributed by atoms with van der Waals surface area (Å²) in [5.74, 6) is -0.905. The fraction of sp³-hybridized carbons (Fsp3) is 0.769. The largest absolute Gasteiger partial charge is 0.480 e. The van der Waals surface area contributed by atoms with Gasteiger partial charge in [0, 0.05) is 18.2 Å². The third kappa shape index (κ3) is 3.45. The molecule has 0 aromatic heterocycles. The minimum Gasteiger partial charge on any atom is -0.480 e. The average molecular weight is 300 g/mol. The molecule has 1 aliphatic heterocycles. The van der Waals surface area contributed by atoms with Crippen LogP contribution in [-0.4, -0.2) is 58.4 Å². The summed E-state index contributed by atoms with van der Waals surface area (Å²) >= 11 is 1.37. The third-order valence-corrected chi connectivity index (χ3v) is 4.38. The SMILES string of the molecule is CSC[C@H](NC(=O)[C@@H]1CCCN1C(=O)C1CC1)C(=O)O. The zero-order chi connectivity index (χ0) is 14.7. The molecule has 1 aliphatic carbocycles. The molecule has 2 atom stereocenters. The molecule has 0 bridgehead atoms. The van der Waals surface area contributed by atoms with E-state index in [9.17, 15) is 14.4 Å². The van der Waals surface area contributed by atoms with Crippen molar-refractivity contribution in [3.8, 4) is 0 Å². The summed E-state index contributed by atoms with van der Waals surface area (Å²) in [4.78, 5) is 37.0. The highest BCUT2D eigenvalue weighted by molar-refractivity contribution is 7.98. The summed E-state index contributed by atoms with van der Waals surface area (Å²) in [6, 6.07) is -1.39. The van der Waals surface area contributed by atoms with Crippen molar-refractivity contribution in [2.75, 3.05) is 18.6 Å². The maximum atomic E-state index is 12.2. The Kier molecular flexibility index (Phi) is 4.91. The molecule has 0 spiro atoms. The molecule has 7 heteroatoms. The van der Waals surface area contributed by atoms with Crippen LogP contribution in [0.3, 0.4) is 0 Å². The van der Waals surface area contributed by atoms with E-state index < -0.39 is 18.1 Å². The van der Waals surface area contributed by atoms with Gasteiger partial charge in [-0.15, -0.1) is 0 Å². The van der Waals surface area contributed by atoms with Crippen LogP contribution in [0.15, 0.2) is 0 Å². The predicted octanol–water partition coefficient (Wildman–Crippen LogP) is 0.320. The second-order valence-corrected chi connectivity index (χ2v) is 6.23. The first-order valence-electron chi connectivity index (χ1n) is 6.87. The molecule has 0 aromatic rings. The van der Waals surface area contributed by atoms with Gasteiger partial charge in [0.25, 0.3) is 0 Å². The number of rotatable bonds is 6. The van der Waals surface area contributed by atoms with Crippen LogP contribution in [0.1, 0.15) is 25.7 Å². The van der Waals surface area contributed by atoms with Gasteiger partial charge in [-0.25, -0.2) is 4.79 Å². The van der Waals surface area contributed by atoms with Gasteiger partial charge in [-0.3, -0.25) is 9.59 Å². The minimum absolute atomic E-state index is 0.0550. The van der Waals surface area contributed by atoms with Crippen molar-refractivity contribution < 1.29 is 19.5 Å². The summed E-state index contributed by atoms with van der Waals surface area (Å²) in [6.45, 7) is 0.605. The van der Waals surface area contributed by atoms with Gasteiger partial charge in [0.2, 0.25) is 11.8 Å². The average Bonchev–Trinajstić information content (AvgIpc) is 3.14. The number of carboxylic acid groups (broad SMARTS) is 1. The molecule has 1 saturated carbocycles. The highest BCUT2D eigenvalue weighted by Crippen LogP contribution is 2.33. The van der Waals surface area contributed by atoms with Crippen molar-refractivity contribution in [3.63, 3.8) is 0 Å². The summed E-state index contributed by atoms with van der Waals surface area (Å²) in [5.41, 5.74) is 0. The Morgan fingerprint density at radius 2 is 2.05 bits per heavy atom. The molecule has 2 fully saturated rings. The molecule has 0 aromatic carbocycles. The van der Waals surface area contributed by atoms with E-state index in [0.717, 1.165) is 19.3 Å². The van der Waals surface area contributed by atoms with E-state index in [4.69, 9.17) is 5.11 Å². The first kappa shape index (κ1) is 15.2. The van der Waals surface area contributed by atoms with Gasteiger partial charge in [0.1, 0.15) is 12.1 Å². The highest BCUT2D eigenvalue weighted by Gasteiger charge is 2.41. The smallest absolute Gasteiger partial charge is 0.327 e. The van der Waals surface area contributed by atoms with Crippen molar-refractivity contribution in [2.24, 2.45) is 5.92 Å². The summed E-state index contributed by atoms with van der Waals surface area (Å²) < 4.78 is 0. The topological polar surface area (TPSA) is 86.7 Å². The van der Waals surface area contributed by atoms with Gasteiger partial charge in [0.05, 0.1) is 0 Å². The van der Waals surface area contributed by atoms with E-state index in [1.807, 2.05) is 0 Å². The standard InChI is InChI=1S/C13H20N2O4S/c1-20-7-9(13(18)19)14-11(16)10-3-2-6-15(10)12(17)8-4-5-8/h8-10H,2-7H2,1H3,(H,14,16)(H,18,19)/t9-,10-/m0/s1. The van der Waals surface area contributed by atoms with Crippen LogP contribution in [0, 0.1) is 5.92 Å². The second kappa shape index (κ2) is 6.47. The number of carbonyl (C=O) groups is 3. The number of aliphatic carboxylic acids is 1. The Morgan fingerprint density at radius 1 is 1.35 bits per heavy atom. The molecule has 0 unspecified atom stereocenters. The lowest BCUT2D eigenvalue weighted by Gasteiger charge is -2.25. The number of likely N-dealkylation sites (tertiary alicyclic amines) is 1. The minimum atomic E-state index is -1.04. The molecule has 2 rings (SSSR count). The highest BCUT2D eigenvalue weighted by atomic mass is 32.2. The van der Waals surface area contributed by atoms with Crippen molar-refractivity contribution in [2.45, 2.75) is 37.8 Å². The third-order valence-electron chi connectivity index (χ3n) is 3.71. The van der Waals surface area contributed by atoms with Crippen LogP contribution in [0.4, 0.5) is 0 Å². The molecule has 2 aliphatic rings. The van der Waals surface area contributed by atoms with Crippen molar-refractivity contribution >= 4 is 29.5 Å². The van der Waals surface area contributed by atoms with Gasteiger partial charge in [-0.1, -0.05) is 0 Å². The van der Waals surface area contributed by atoms with Crippen molar-refractivity contribution in [3.05, 3.63) is 0 Å². The quantitative estimate of drug-likeness (QED) is 0.738. The maximum Gasteiger partial charge on any atom is 0.327 e. The molecular formula is C13H20N2O4S. The van der Waals surface area contributed by atoms with Gasteiger partial charge >= 0.3 is 5.97 Å². The molecule has 112 valence electrons. The van der Waals surface area contributed by atoms with E-state index in [1.165, 1.54) is 11.8 Å². The molecular weight excluding hydrogens is 280 g/mol. The number of nitrogens with one attached hydrogen (secondary N) is 1. The Morgan fingerprint density at radius 3 is 2.60 bits per heavy atom. The summed E-state index contributed by atoms with van der Waals surface area (Å²) in [6.07, 6.45) is 5.04. The number of carboxylic acids is 1. The number of hydrogen-bond acceptors (Lipinski definition) is 4. The molecule has 0 radical (unpaired) electrons. The van der Waals surface area contributed by atoms with E-state index >= 15 is 0 Å². The molecule has 1 saturated heterocycles. The number of thioether (sulfide) groups is 1. The van der Waals surface area contributed by atoms with E-state index in [2.05, 4.69) is 5.32 Å². The number of carbonyl (C=O) groups excluding carboxylic acids is 2. The van der Waals surface area contributed by atoms with Gasteiger partial charge in [0.15, 0.2) is 0 Å². The van der Waals surface area contributed by atoms with Crippen LogP contribution in [0.25, 0.3) is 0 Å². The molecule has 20 heavy (non-hydrogen) atoms. The molecule has 1 heterocycles. The fourth-order valence-corrected chi connectivity index (χ4v) is 3.04. The van der Waals surface area contributed by atoms with E-state index in [0.29, 0.717) is 18.7 Å².